The van der Waals surface area contributed by atoms with Crippen LogP contribution in [-0.2, 0) is 9.53 Å². The van der Waals surface area contributed by atoms with Crippen LogP contribution >= 0.6 is 0 Å². The maximum Gasteiger partial charge on any atom is 0.305 e. The van der Waals surface area contributed by atoms with Crippen molar-refractivity contribution in [2.75, 3.05) is 52.2 Å². The fraction of sp³-hybridized carbons (Fsp3) is 0.619. The molecule has 1 amide bonds. The SMILES string of the molecule is COC(=O)CCCN1CC[C@@H](CNC(=O)c2cc(N)cc3c2OCCCO3)C(O)C1. The Morgan fingerprint density at radius 2 is 2.13 bits per heavy atom. The number of anilines is 1. The number of β-amino-alcohol motifs (C(OH)–C–C–N with tert-alkyl or cyclic N) is 1. The van der Waals surface area contributed by atoms with Crippen LogP contribution in [0.5, 0.6) is 11.5 Å². The van der Waals surface area contributed by atoms with Crippen molar-refractivity contribution in [3.63, 3.8) is 0 Å². The van der Waals surface area contributed by atoms with Crippen molar-refractivity contribution in [2.24, 2.45) is 5.92 Å². The highest BCUT2D eigenvalue weighted by molar-refractivity contribution is 5.98. The molecule has 166 valence electrons. The van der Waals surface area contributed by atoms with Gasteiger partial charge in [-0.2, -0.15) is 0 Å². The summed E-state index contributed by atoms with van der Waals surface area (Å²) < 4.78 is 16.0. The van der Waals surface area contributed by atoms with Gasteiger partial charge in [0.05, 0.1) is 32.0 Å². The third-order valence-corrected chi connectivity index (χ3v) is 5.53. The molecule has 0 spiro atoms. The Labute approximate surface area is 176 Å². The molecular weight excluding hydrogens is 390 g/mol. The first-order chi connectivity index (χ1) is 14.5. The zero-order valence-corrected chi connectivity index (χ0v) is 17.4. The maximum atomic E-state index is 12.8. The number of fused-ring (bicyclic) bond motifs is 1. The topological polar surface area (TPSA) is 123 Å². The van der Waals surface area contributed by atoms with E-state index in [2.05, 4.69) is 15.0 Å². The van der Waals surface area contributed by atoms with Crippen LogP contribution < -0.4 is 20.5 Å². The van der Waals surface area contributed by atoms with Gasteiger partial charge >= 0.3 is 5.97 Å². The summed E-state index contributed by atoms with van der Waals surface area (Å²) >= 11 is 0. The lowest BCUT2D eigenvalue weighted by molar-refractivity contribution is -0.140. The number of esters is 1. The minimum Gasteiger partial charge on any atom is -0.489 e. The normalized spacial score (nSPS) is 21.5. The molecule has 2 atom stereocenters. The minimum atomic E-state index is -0.547. The van der Waals surface area contributed by atoms with Crippen molar-refractivity contribution in [3.05, 3.63) is 17.7 Å². The van der Waals surface area contributed by atoms with Gasteiger partial charge < -0.3 is 35.3 Å². The fourth-order valence-corrected chi connectivity index (χ4v) is 3.82. The summed E-state index contributed by atoms with van der Waals surface area (Å²) in [6.45, 7) is 3.42. The first kappa shape index (κ1) is 22.2. The molecule has 0 saturated carbocycles. The summed E-state index contributed by atoms with van der Waals surface area (Å²) in [5.41, 5.74) is 6.71. The number of nitrogens with zero attached hydrogens (tertiary/aromatic N) is 1. The van der Waals surface area contributed by atoms with Crippen LogP contribution in [-0.4, -0.2) is 74.5 Å². The number of benzene rings is 1. The minimum absolute atomic E-state index is 0.0392. The van der Waals surface area contributed by atoms with E-state index in [1.54, 1.807) is 12.1 Å². The van der Waals surface area contributed by atoms with Gasteiger partial charge in [0.2, 0.25) is 0 Å². The van der Waals surface area contributed by atoms with Gasteiger partial charge in [-0.1, -0.05) is 0 Å². The molecule has 0 bridgehead atoms. The molecule has 9 heteroatoms. The number of nitrogens with two attached hydrogens (primary N) is 1. The summed E-state index contributed by atoms with van der Waals surface area (Å²) in [6, 6.07) is 3.25. The zero-order valence-electron chi connectivity index (χ0n) is 17.4. The average Bonchev–Trinajstić information content (AvgIpc) is 2.97. The molecule has 1 saturated heterocycles. The highest BCUT2D eigenvalue weighted by Gasteiger charge is 2.29. The van der Waals surface area contributed by atoms with Crippen LogP contribution in [0.4, 0.5) is 5.69 Å². The molecule has 3 rings (SSSR count). The molecule has 1 aromatic carbocycles. The lowest BCUT2D eigenvalue weighted by atomic mass is 9.93. The number of amides is 1. The number of likely N-dealkylation sites (tertiary alicyclic amines) is 1. The lowest BCUT2D eigenvalue weighted by Crippen LogP contribution is -2.47. The van der Waals surface area contributed by atoms with E-state index in [1.165, 1.54) is 7.11 Å². The molecule has 2 aliphatic heterocycles. The van der Waals surface area contributed by atoms with E-state index in [1.807, 2.05) is 0 Å². The first-order valence-corrected chi connectivity index (χ1v) is 10.4. The number of rotatable bonds is 7. The van der Waals surface area contributed by atoms with Gasteiger partial charge in [0.25, 0.3) is 5.91 Å². The molecule has 2 heterocycles. The number of carbonyl (C=O) groups is 2. The second-order valence-electron chi connectivity index (χ2n) is 7.75. The van der Waals surface area contributed by atoms with E-state index < -0.39 is 6.10 Å². The van der Waals surface area contributed by atoms with Crippen LogP contribution in [0.15, 0.2) is 12.1 Å². The third-order valence-electron chi connectivity index (χ3n) is 5.53. The number of piperidine rings is 1. The fourth-order valence-electron chi connectivity index (χ4n) is 3.82. The largest absolute Gasteiger partial charge is 0.489 e. The predicted molar refractivity (Wildman–Crippen MR) is 111 cm³/mol. The van der Waals surface area contributed by atoms with Crippen molar-refractivity contribution in [1.29, 1.82) is 0 Å². The van der Waals surface area contributed by atoms with Gasteiger partial charge in [-0.05, 0) is 32.0 Å². The summed E-state index contributed by atoms with van der Waals surface area (Å²) in [5, 5.41) is 13.4. The second-order valence-corrected chi connectivity index (χ2v) is 7.75. The van der Waals surface area contributed by atoms with Crippen LogP contribution in [0.25, 0.3) is 0 Å². The van der Waals surface area contributed by atoms with Crippen molar-refractivity contribution in [2.45, 2.75) is 31.8 Å². The molecular formula is C21H31N3O6. The Morgan fingerprint density at radius 3 is 2.90 bits per heavy atom. The Morgan fingerprint density at radius 1 is 1.33 bits per heavy atom. The Balaban J connectivity index is 1.51. The van der Waals surface area contributed by atoms with Crippen LogP contribution in [0.2, 0.25) is 0 Å². The Kier molecular flexibility index (Phi) is 7.75. The highest BCUT2D eigenvalue weighted by atomic mass is 16.5. The van der Waals surface area contributed by atoms with Crippen molar-refractivity contribution >= 4 is 17.6 Å². The van der Waals surface area contributed by atoms with Crippen molar-refractivity contribution in [1.82, 2.24) is 10.2 Å². The molecule has 1 unspecified atom stereocenters. The van der Waals surface area contributed by atoms with E-state index in [-0.39, 0.29) is 17.8 Å². The van der Waals surface area contributed by atoms with Crippen molar-refractivity contribution < 1.29 is 28.9 Å². The molecule has 0 aliphatic carbocycles. The number of methoxy groups -OCH3 is 1. The van der Waals surface area contributed by atoms with Gasteiger partial charge in [-0.25, -0.2) is 0 Å². The Bertz CT molecular complexity index is 757. The molecule has 0 radical (unpaired) electrons. The van der Waals surface area contributed by atoms with Gasteiger partial charge in [-0.15, -0.1) is 0 Å². The number of hydrogen-bond acceptors (Lipinski definition) is 8. The first-order valence-electron chi connectivity index (χ1n) is 10.4. The van der Waals surface area contributed by atoms with Crippen LogP contribution in [0, 0.1) is 5.92 Å². The van der Waals surface area contributed by atoms with Gasteiger partial charge in [-0.3, -0.25) is 9.59 Å². The van der Waals surface area contributed by atoms with Crippen LogP contribution in [0.3, 0.4) is 0 Å². The number of aliphatic hydroxyl groups is 1. The second kappa shape index (κ2) is 10.5. The van der Waals surface area contributed by atoms with E-state index >= 15 is 0 Å². The summed E-state index contributed by atoms with van der Waals surface area (Å²) in [6.07, 6.45) is 2.02. The molecule has 1 fully saturated rings. The number of carbonyl (C=O) groups excluding carboxylic acids is 2. The average molecular weight is 421 g/mol. The van der Waals surface area contributed by atoms with Crippen LogP contribution in [0.1, 0.15) is 36.0 Å². The van der Waals surface area contributed by atoms with Crippen molar-refractivity contribution in [3.8, 4) is 11.5 Å². The predicted octanol–water partition coefficient (Wildman–Crippen LogP) is 0.796. The van der Waals surface area contributed by atoms with E-state index in [4.69, 9.17) is 15.2 Å². The standard InChI is InChI=1S/C21H31N3O6/c1-28-19(26)4-2-6-24-7-5-14(17(25)13-24)12-23-21(27)16-10-15(22)11-18-20(16)30-9-3-8-29-18/h10-11,14,17,25H,2-9,12-13,22H2,1H3,(H,23,27)/t14-,17?/m0/s1. The summed E-state index contributed by atoms with van der Waals surface area (Å²) in [4.78, 5) is 26.1. The number of hydrogen-bond donors (Lipinski definition) is 3. The zero-order chi connectivity index (χ0) is 21.5. The molecule has 9 nitrogen and oxygen atoms in total. The molecule has 2 aliphatic rings. The van der Waals surface area contributed by atoms with E-state index in [0.29, 0.717) is 61.9 Å². The van der Waals surface area contributed by atoms with E-state index in [9.17, 15) is 14.7 Å². The molecule has 30 heavy (non-hydrogen) atoms. The molecule has 4 N–H and O–H groups in total. The Hall–Kier alpha value is -2.52. The number of nitrogens with one attached hydrogen (secondary N) is 1. The number of nitrogen functional groups attached to an aromatic ring is 1. The third kappa shape index (κ3) is 5.76. The lowest BCUT2D eigenvalue weighted by Gasteiger charge is -2.36. The van der Waals surface area contributed by atoms with Gasteiger partial charge in [0, 0.05) is 43.6 Å². The summed E-state index contributed by atoms with van der Waals surface area (Å²) in [5.74, 6) is 0.347. The molecule has 1 aromatic rings. The summed E-state index contributed by atoms with van der Waals surface area (Å²) in [7, 11) is 1.38. The van der Waals surface area contributed by atoms with E-state index in [0.717, 1.165) is 25.9 Å². The molecule has 0 aromatic heterocycles. The maximum absolute atomic E-state index is 12.8. The smallest absolute Gasteiger partial charge is 0.305 e. The highest BCUT2D eigenvalue weighted by Crippen LogP contribution is 2.35. The monoisotopic (exact) mass is 421 g/mol. The number of aliphatic hydroxyl groups excluding tert-OH is 1. The number of ether oxygens (including phenoxy) is 3. The quantitative estimate of drug-likeness (QED) is 0.436. The van der Waals surface area contributed by atoms with Gasteiger partial charge in [0.15, 0.2) is 11.5 Å². The van der Waals surface area contributed by atoms with Gasteiger partial charge in [0.1, 0.15) is 0 Å².